The van der Waals surface area contributed by atoms with Crippen LogP contribution in [0.1, 0.15) is 29.0 Å². The molecule has 0 amide bonds. The third-order valence-electron chi connectivity index (χ3n) is 6.28. The second kappa shape index (κ2) is 9.21. The van der Waals surface area contributed by atoms with Crippen LogP contribution < -0.4 is 15.3 Å². The molecule has 1 unspecified atom stereocenters. The smallest absolute Gasteiger partial charge is 0.247 e. The molecule has 4 aromatic rings. The van der Waals surface area contributed by atoms with E-state index in [0.717, 1.165) is 46.0 Å². The zero-order chi connectivity index (χ0) is 22.7. The van der Waals surface area contributed by atoms with Crippen LogP contribution in [0.25, 0.3) is 0 Å². The lowest BCUT2D eigenvalue weighted by Crippen LogP contribution is -2.24. The van der Waals surface area contributed by atoms with Crippen LogP contribution in [0.5, 0.6) is 5.75 Å². The van der Waals surface area contributed by atoms with Gasteiger partial charge in [-0.15, -0.1) is 0 Å². The Balaban J connectivity index is 1.75. The summed E-state index contributed by atoms with van der Waals surface area (Å²) in [4.78, 5) is 0. The molecule has 33 heavy (non-hydrogen) atoms. The van der Waals surface area contributed by atoms with Crippen LogP contribution in [-0.2, 0) is 11.0 Å². The zero-order valence-electron chi connectivity index (χ0n) is 18.6. The van der Waals surface area contributed by atoms with Crippen molar-refractivity contribution in [2.75, 3.05) is 7.11 Å². The Morgan fingerprint density at radius 3 is 2.09 bits per heavy atom. The van der Waals surface area contributed by atoms with E-state index in [9.17, 15) is 4.57 Å². The summed E-state index contributed by atoms with van der Waals surface area (Å²) in [6.07, 6.45) is 1.87. The van der Waals surface area contributed by atoms with E-state index >= 15 is 0 Å². The Bertz CT molecular complexity index is 1290. The van der Waals surface area contributed by atoms with Gasteiger partial charge in [0.1, 0.15) is 5.75 Å². The van der Waals surface area contributed by atoms with E-state index in [1.807, 2.05) is 78.9 Å². The SMILES string of the molecule is COc1cccc(C2CCc3ccccc3/C2=N\P(=O)(c2ccccc2)c2ccccc2)c1. The average Bonchev–Trinajstić information content (AvgIpc) is 2.90. The summed E-state index contributed by atoms with van der Waals surface area (Å²) in [6.45, 7) is 0. The quantitative estimate of drug-likeness (QED) is 0.342. The van der Waals surface area contributed by atoms with Gasteiger partial charge < -0.3 is 4.74 Å². The molecule has 1 aliphatic rings. The van der Waals surface area contributed by atoms with E-state index in [1.165, 1.54) is 5.56 Å². The van der Waals surface area contributed by atoms with Gasteiger partial charge in [0.25, 0.3) is 0 Å². The maximum absolute atomic E-state index is 14.8. The third-order valence-corrected chi connectivity index (χ3v) is 8.78. The fourth-order valence-electron chi connectivity index (χ4n) is 4.60. The first kappa shape index (κ1) is 21.4. The van der Waals surface area contributed by atoms with Crippen molar-refractivity contribution in [3.05, 3.63) is 126 Å². The van der Waals surface area contributed by atoms with Crippen LogP contribution in [0.15, 0.2) is 114 Å². The third kappa shape index (κ3) is 4.17. The summed E-state index contributed by atoms with van der Waals surface area (Å²) in [6, 6.07) is 35.8. The predicted molar refractivity (Wildman–Crippen MR) is 137 cm³/mol. The van der Waals surface area contributed by atoms with Crippen LogP contribution >= 0.6 is 7.29 Å². The van der Waals surface area contributed by atoms with Crippen molar-refractivity contribution < 1.29 is 9.30 Å². The average molecular weight is 452 g/mol. The number of hydrogen-bond donors (Lipinski definition) is 0. The summed E-state index contributed by atoms with van der Waals surface area (Å²) in [5.74, 6) is 0.857. The van der Waals surface area contributed by atoms with Crippen molar-refractivity contribution in [2.24, 2.45) is 4.76 Å². The second-order valence-electron chi connectivity index (χ2n) is 8.26. The molecule has 1 atom stereocenters. The molecule has 0 heterocycles. The number of hydrogen-bond acceptors (Lipinski definition) is 2. The van der Waals surface area contributed by atoms with Gasteiger partial charge in [-0.2, -0.15) is 0 Å². The van der Waals surface area contributed by atoms with Crippen molar-refractivity contribution in [3.8, 4) is 5.75 Å². The van der Waals surface area contributed by atoms with Gasteiger partial charge in [-0.1, -0.05) is 72.8 Å². The lowest BCUT2D eigenvalue weighted by molar-refractivity contribution is 0.414. The molecular weight excluding hydrogens is 425 g/mol. The predicted octanol–water partition coefficient (Wildman–Crippen LogP) is 6.14. The maximum atomic E-state index is 14.8. The Labute approximate surface area is 195 Å². The van der Waals surface area contributed by atoms with Crippen LogP contribution in [0.4, 0.5) is 0 Å². The molecule has 0 saturated heterocycles. The molecule has 164 valence electrons. The second-order valence-corrected chi connectivity index (χ2v) is 10.6. The first-order valence-electron chi connectivity index (χ1n) is 11.2. The highest BCUT2D eigenvalue weighted by Gasteiger charge is 2.33. The molecule has 3 nitrogen and oxygen atoms in total. The normalized spacial score (nSPS) is 16.9. The zero-order valence-corrected chi connectivity index (χ0v) is 19.5. The summed E-state index contributed by atoms with van der Waals surface area (Å²) >= 11 is 0. The van der Waals surface area contributed by atoms with Crippen molar-refractivity contribution in [3.63, 3.8) is 0 Å². The molecule has 4 aromatic carbocycles. The van der Waals surface area contributed by atoms with Crippen LogP contribution in [0.3, 0.4) is 0 Å². The summed E-state index contributed by atoms with van der Waals surface area (Å²) in [5, 5.41) is 1.49. The molecule has 0 saturated carbocycles. The van der Waals surface area contributed by atoms with Crippen molar-refractivity contribution in [1.29, 1.82) is 0 Å². The van der Waals surface area contributed by atoms with Crippen molar-refractivity contribution in [2.45, 2.75) is 18.8 Å². The molecule has 5 rings (SSSR count). The number of fused-ring (bicyclic) bond motifs is 1. The van der Waals surface area contributed by atoms with Gasteiger partial charge in [0.2, 0.25) is 7.29 Å². The molecule has 1 aliphatic carbocycles. The molecule has 0 spiro atoms. The molecular formula is C29H26NO2P. The molecule has 0 radical (unpaired) electrons. The topological polar surface area (TPSA) is 38.7 Å². The van der Waals surface area contributed by atoms with E-state index in [2.05, 4.69) is 30.3 Å². The number of aryl methyl sites for hydroxylation is 1. The van der Waals surface area contributed by atoms with Gasteiger partial charge in [-0.3, -0.25) is 4.57 Å². The highest BCUT2D eigenvalue weighted by atomic mass is 31.2. The van der Waals surface area contributed by atoms with Crippen LogP contribution in [0.2, 0.25) is 0 Å². The van der Waals surface area contributed by atoms with Crippen LogP contribution in [0, 0.1) is 0 Å². The van der Waals surface area contributed by atoms with E-state index in [4.69, 9.17) is 9.50 Å². The highest BCUT2D eigenvalue weighted by Crippen LogP contribution is 2.48. The molecule has 0 aliphatic heterocycles. The van der Waals surface area contributed by atoms with Gasteiger partial charge in [0, 0.05) is 16.5 Å². The highest BCUT2D eigenvalue weighted by molar-refractivity contribution is 7.77. The maximum Gasteiger partial charge on any atom is 0.247 e. The lowest BCUT2D eigenvalue weighted by atomic mass is 9.78. The molecule has 4 heteroatoms. The monoisotopic (exact) mass is 451 g/mol. The Hall–Kier alpha value is -3.42. The van der Waals surface area contributed by atoms with E-state index in [1.54, 1.807) is 7.11 Å². The van der Waals surface area contributed by atoms with Gasteiger partial charge in [0.15, 0.2) is 0 Å². The van der Waals surface area contributed by atoms with Gasteiger partial charge in [0.05, 0.1) is 12.8 Å². The molecule has 0 N–H and O–H groups in total. The lowest BCUT2D eigenvalue weighted by Gasteiger charge is -2.29. The van der Waals surface area contributed by atoms with Crippen LogP contribution in [-0.4, -0.2) is 12.8 Å². The fraction of sp³-hybridized carbons (Fsp3) is 0.138. The summed E-state index contributed by atoms with van der Waals surface area (Å²) in [5.41, 5.74) is 4.36. The molecule has 0 aromatic heterocycles. The largest absolute Gasteiger partial charge is 0.497 e. The molecule has 0 bridgehead atoms. The first-order chi connectivity index (χ1) is 16.2. The minimum Gasteiger partial charge on any atom is -0.497 e. The molecule has 0 fully saturated rings. The minimum absolute atomic E-state index is 0.0377. The van der Waals surface area contributed by atoms with Gasteiger partial charge in [-0.25, -0.2) is 4.76 Å². The van der Waals surface area contributed by atoms with Crippen molar-refractivity contribution >= 4 is 23.6 Å². The Morgan fingerprint density at radius 1 is 0.788 bits per heavy atom. The number of benzene rings is 4. The minimum atomic E-state index is -3.27. The summed E-state index contributed by atoms with van der Waals surface area (Å²) < 4.78 is 25.5. The van der Waals surface area contributed by atoms with Crippen molar-refractivity contribution in [1.82, 2.24) is 0 Å². The Morgan fingerprint density at radius 2 is 1.42 bits per heavy atom. The van der Waals surface area contributed by atoms with E-state index in [0.29, 0.717) is 0 Å². The number of methoxy groups -OCH3 is 1. The fourth-order valence-corrected chi connectivity index (χ4v) is 6.83. The number of nitrogens with zero attached hydrogens (tertiary/aromatic N) is 1. The Kier molecular flexibility index (Phi) is 5.98. The van der Waals surface area contributed by atoms with Gasteiger partial charge >= 0.3 is 0 Å². The standard InChI is InChI=1S/C29H26NO2P/c1-32-24-13-10-12-23(21-24)28-20-19-22-11-8-9-18-27(22)29(28)30-33(31,25-14-4-2-5-15-25)26-16-6-3-7-17-26/h2-18,21,28H,19-20H2,1H3/b30-29+. The number of rotatable bonds is 5. The first-order valence-corrected chi connectivity index (χ1v) is 12.9. The number of ether oxygens (including phenoxy) is 1. The van der Waals surface area contributed by atoms with E-state index < -0.39 is 7.29 Å². The summed E-state index contributed by atoms with van der Waals surface area (Å²) in [7, 11) is -1.58. The van der Waals surface area contributed by atoms with E-state index in [-0.39, 0.29) is 5.92 Å². The van der Waals surface area contributed by atoms with Gasteiger partial charge in [-0.05, 0) is 65.9 Å².